The summed E-state index contributed by atoms with van der Waals surface area (Å²) in [4.78, 5) is 14.2. The number of carbonyl (C=O) groups excluding carboxylic acids is 1. The van der Waals surface area contributed by atoms with E-state index in [-0.39, 0.29) is 11.6 Å². The van der Waals surface area contributed by atoms with Crippen LogP contribution in [0, 0.1) is 5.82 Å². The topological polar surface area (TPSA) is 32.3 Å². The predicted octanol–water partition coefficient (Wildman–Crippen LogP) is 3.49. The van der Waals surface area contributed by atoms with Crippen molar-refractivity contribution in [2.45, 2.75) is 12.5 Å². The Bertz CT molecular complexity index is 661. The Morgan fingerprint density at radius 1 is 1.22 bits per heavy atom. The zero-order valence-corrected chi connectivity index (χ0v) is 14.8. The standard InChI is InChI=1S/C18H20BrFN2O/c1-22(2)15(10-13-6-4-3-5-7-13)12-21-18(23)16-9-8-14(19)11-17(16)20/h3-9,11,15H,10,12H2,1-2H3,(H,21,23). The Labute approximate surface area is 144 Å². The van der Waals surface area contributed by atoms with Gasteiger partial charge in [-0.25, -0.2) is 4.39 Å². The highest BCUT2D eigenvalue weighted by Crippen LogP contribution is 2.15. The van der Waals surface area contributed by atoms with E-state index in [9.17, 15) is 9.18 Å². The second-order valence-corrected chi connectivity index (χ2v) is 6.56. The average molecular weight is 379 g/mol. The van der Waals surface area contributed by atoms with Gasteiger partial charge in [0.25, 0.3) is 5.91 Å². The molecule has 0 heterocycles. The molecular formula is C18H20BrFN2O. The number of hydrogen-bond donors (Lipinski definition) is 1. The normalized spacial score (nSPS) is 12.2. The number of nitrogens with one attached hydrogen (secondary N) is 1. The van der Waals surface area contributed by atoms with Crippen molar-refractivity contribution in [3.63, 3.8) is 0 Å². The minimum atomic E-state index is -0.527. The molecule has 0 fully saturated rings. The van der Waals surface area contributed by atoms with Gasteiger partial charge in [0.15, 0.2) is 0 Å². The molecule has 0 spiro atoms. The Hall–Kier alpha value is -1.72. The summed E-state index contributed by atoms with van der Waals surface area (Å²) in [6, 6.07) is 14.7. The van der Waals surface area contributed by atoms with E-state index in [1.54, 1.807) is 6.07 Å². The van der Waals surface area contributed by atoms with E-state index in [0.717, 1.165) is 6.42 Å². The van der Waals surface area contributed by atoms with E-state index in [1.165, 1.54) is 17.7 Å². The van der Waals surface area contributed by atoms with Crippen LogP contribution in [0.3, 0.4) is 0 Å². The van der Waals surface area contributed by atoms with Gasteiger partial charge >= 0.3 is 0 Å². The molecule has 0 aliphatic carbocycles. The lowest BCUT2D eigenvalue weighted by atomic mass is 10.0. The molecule has 1 amide bonds. The largest absolute Gasteiger partial charge is 0.350 e. The van der Waals surface area contributed by atoms with Gasteiger partial charge in [0.05, 0.1) is 5.56 Å². The van der Waals surface area contributed by atoms with Crippen molar-refractivity contribution in [3.8, 4) is 0 Å². The number of likely N-dealkylation sites (N-methyl/N-ethyl adjacent to an activating group) is 1. The Kier molecular flexibility index (Phi) is 6.30. The third-order valence-electron chi connectivity index (χ3n) is 3.72. The molecule has 5 heteroatoms. The van der Waals surface area contributed by atoms with Gasteiger partial charge in [0.1, 0.15) is 5.82 Å². The van der Waals surface area contributed by atoms with E-state index in [1.807, 2.05) is 32.3 Å². The van der Waals surface area contributed by atoms with Crippen LogP contribution in [0.1, 0.15) is 15.9 Å². The van der Waals surface area contributed by atoms with Gasteiger partial charge < -0.3 is 10.2 Å². The first-order valence-electron chi connectivity index (χ1n) is 7.41. The maximum atomic E-state index is 13.8. The van der Waals surface area contributed by atoms with Gasteiger partial charge in [-0.1, -0.05) is 46.3 Å². The second kappa shape index (κ2) is 8.22. The molecule has 3 nitrogen and oxygen atoms in total. The minimum absolute atomic E-state index is 0.0606. The number of hydrogen-bond acceptors (Lipinski definition) is 2. The SMILES string of the molecule is CN(C)C(CNC(=O)c1ccc(Br)cc1F)Cc1ccccc1. The zero-order valence-electron chi connectivity index (χ0n) is 13.2. The number of carbonyl (C=O) groups is 1. The number of halogens is 2. The highest BCUT2D eigenvalue weighted by Gasteiger charge is 2.16. The zero-order chi connectivity index (χ0) is 16.8. The third kappa shape index (κ3) is 5.15. The molecule has 0 saturated carbocycles. The molecule has 2 rings (SSSR count). The average Bonchev–Trinajstić information content (AvgIpc) is 2.51. The summed E-state index contributed by atoms with van der Waals surface area (Å²) in [5, 5.41) is 2.83. The van der Waals surface area contributed by atoms with Crippen LogP contribution in [-0.4, -0.2) is 37.5 Å². The van der Waals surface area contributed by atoms with Crippen molar-refractivity contribution >= 4 is 21.8 Å². The van der Waals surface area contributed by atoms with Gasteiger partial charge in [-0.2, -0.15) is 0 Å². The van der Waals surface area contributed by atoms with Crippen molar-refractivity contribution in [1.82, 2.24) is 10.2 Å². The number of rotatable bonds is 6. The molecule has 0 bridgehead atoms. The fourth-order valence-electron chi connectivity index (χ4n) is 2.30. The van der Waals surface area contributed by atoms with Crippen molar-refractivity contribution in [1.29, 1.82) is 0 Å². The maximum Gasteiger partial charge on any atom is 0.254 e. The molecule has 0 saturated heterocycles. The van der Waals surface area contributed by atoms with Gasteiger partial charge in [0.2, 0.25) is 0 Å². The first kappa shape index (κ1) is 17.6. The Morgan fingerprint density at radius 3 is 2.52 bits per heavy atom. The molecule has 23 heavy (non-hydrogen) atoms. The van der Waals surface area contributed by atoms with Crippen LogP contribution in [0.2, 0.25) is 0 Å². The molecule has 1 atom stereocenters. The van der Waals surface area contributed by atoms with E-state index in [4.69, 9.17) is 0 Å². The molecule has 0 aliphatic rings. The number of benzene rings is 2. The van der Waals surface area contributed by atoms with Crippen molar-refractivity contribution in [3.05, 3.63) is 69.9 Å². The summed E-state index contributed by atoms with van der Waals surface area (Å²) in [6.07, 6.45) is 0.816. The smallest absolute Gasteiger partial charge is 0.254 e. The van der Waals surface area contributed by atoms with E-state index < -0.39 is 11.7 Å². The lowest BCUT2D eigenvalue weighted by molar-refractivity contribution is 0.0937. The van der Waals surface area contributed by atoms with E-state index in [2.05, 4.69) is 38.3 Å². The summed E-state index contributed by atoms with van der Waals surface area (Å²) in [5.41, 5.74) is 1.26. The summed E-state index contributed by atoms with van der Waals surface area (Å²) in [6.45, 7) is 0.455. The van der Waals surface area contributed by atoms with Crippen LogP contribution in [-0.2, 0) is 6.42 Å². The Balaban J connectivity index is 1.99. The molecular weight excluding hydrogens is 359 g/mol. The monoisotopic (exact) mass is 378 g/mol. The van der Waals surface area contributed by atoms with Crippen LogP contribution >= 0.6 is 15.9 Å². The summed E-state index contributed by atoms with van der Waals surface area (Å²) >= 11 is 3.19. The number of nitrogens with zero attached hydrogens (tertiary/aromatic N) is 1. The first-order valence-corrected chi connectivity index (χ1v) is 8.20. The lowest BCUT2D eigenvalue weighted by Crippen LogP contribution is -2.41. The molecule has 0 aromatic heterocycles. The summed E-state index contributed by atoms with van der Waals surface area (Å²) in [5.74, 6) is -0.920. The van der Waals surface area contributed by atoms with Gasteiger partial charge in [-0.3, -0.25) is 4.79 Å². The van der Waals surface area contributed by atoms with Crippen LogP contribution in [0.15, 0.2) is 53.0 Å². The van der Waals surface area contributed by atoms with E-state index >= 15 is 0 Å². The van der Waals surface area contributed by atoms with Gasteiger partial charge in [0, 0.05) is 17.1 Å². The van der Waals surface area contributed by atoms with Crippen LogP contribution in [0.5, 0.6) is 0 Å². The quantitative estimate of drug-likeness (QED) is 0.834. The fraction of sp³-hybridized carbons (Fsp3) is 0.278. The summed E-state index contributed by atoms with van der Waals surface area (Å²) < 4.78 is 14.4. The van der Waals surface area contributed by atoms with Crippen LogP contribution in [0.4, 0.5) is 4.39 Å². The summed E-state index contributed by atoms with van der Waals surface area (Å²) in [7, 11) is 3.94. The first-order chi connectivity index (χ1) is 11.0. The van der Waals surface area contributed by atoms with Crippen LogP contribution in [0.25, 0.3) is 0 Å². The third-order valence-corrected chi connectivity index (χ3v) is 4.21. The molecule has 0 radical (unpaired) electrons. The highest BCUT2D eigenvalue weighted by molar-refractivity contribution is 9.10. The molecule has 0 aliphatic heterocycles. The predicted molar refractivity (Wildman–Crippen MR) is 94.1 cm³/mol. The van der Waals surface area contributed by atoms with Gasteiger partial charge in [-0.05, 0) is 44.3 Å². The minimum Gasteiger partial charge on any atom is -0.350 e. The molecule has 122 valence electrons. The van der Waals surface area contributed by atoms with Crippen LogP contribution < -0.4 is 5.32 Å². The molecule has 1 unspecified atom stereocenters. The molecule has 2 aromatic carbocycles. The van der Waals surface area contributed by atoms with Crippen molar-refractivity contribution in [2.24, 2.45) is 0 Å². The highest BCUT2D eigenvalue weighted by atomic mass is 79.9. The van der Waals surface area contributed by atoms with Crippen molar-refractivity contribution < 1.29 is 9.18 Å². The fourth-order valence-corrected chi connectivity index (χ4v) is 2.64. The second-order valence-electron chi connectivity index (χ2n) is 5.64. The molecule has 1 N–H and O–H groups in total. The van der Waals surface area contributed by atoms with Crippen molar-refractivity contribution in [2.75, 3.05) is 20.6 Å². The lowest BCUT2D eigenvalue weighted by Gasteiger charge is -2.25. The van der Waals surface area contributed by atoms with E-state index in [0.29, 0.717) is 11.0 Å². The maximum absolute atomic E-state index is 13.8. The van der Waals surface area contributed by atoms with Gasteiger partial charge in [-0.15, -0.1) is 0 Å². The number of amides is 1. The Morgan fingerprint density at radius 2 is 1.91 bits per heavy atom. The molecule has 2 aromatic rings.